The molecule has 10 heteroatoms. The number of carbonyl (C=O) groups excluding carboxylic acids is 2. The monoisotopic (exact) mass is 490 g/mol. The number of aromatic nitrogens is 1. The van der Waals surface area contributed by atoms with E-state index in [2.05, 4.69) is 4.98 Å². The number of thiazole rings is 1. The van der Waals surface area contributed by atoms with Gasteiger partial charge in [0.1, 0.15) is 22.9 Å². The second-order valence-electron chi connectivity index (χ2n) is 9.09. The molecule has 2 fully saturated rings. The van der Waals surface area contributed by atoms with Crippen LogP contribution in [0.1, 0.15) is 67.1 Å². The highest BCUT2D eigenvalue weighted by atomic mass is 32.1. The van der Waals surface area contributed by atoms with Gasteiger partial charge in [0.25, 0.3) is 5.91 Å². The fourth-order valence-electron chi connectivity index (χ4n) is 5.30. The Morgan fingerprint density at radius 3 is 2.50 bits per heavy atom. The van der Waals surface area contributed by atoms with E-state index in [0.29, 0.717) is 24.9 Å². The number of halogens is 3. The van der Waals surface area contributed by atoms with Crippen LogP contribution < -0.4 is 0 Å². The van der Waals surface area contributed by atoms with Gasteiger partial charge in [-0.3, -0.25) is 14.6 Å². The highest BCUT2D eigenvalue weighted by molar-refractivity contribution is 7.09. The van der Waals surface area contributed by atoms with Crippen LogP contribution in [-0.4, -0.2) is 51.1 Å². The lowest BCUT2D eigenvalue weighted by Crippen LogP contribution is -2.52. The second kappa shape index (κ2) is 8.79. The molecule has 3 aliphatic rings. The van der Waals surface area contributed by atoms with Crippen LogP contribution in [0.5, 0.6) is 0 Å². The Hall–Kier alpha value is -2.75. The Kier molecular flexibility index (Phi) is 5.95. The number of amides is 2. The molecule has 0 N–H and O–H groups in total. The molecule has 34 heavy (non-hydrogen) atoms. The molecule has 1 saturated heterocycles. The van der Waals surface area contributed by atoms with E-state index in [0.717, 1.165) is 49.2 Å². The first-order valence-corrected chi connectivity index (χ1v) is 12.4. The summed E-state index contributed by atoms with van der Waals surface area (Å²) in [5.41, 5.74) is -1.09. The molecule has 6 nitrogen and oxygen atoms in total. The van der Waals surface area contributed by atoms with Crippen molar-refractivity contribution in [1.29, 1.82) is 0 Å². The summed E-state index contributed by atoms with van der Waals surface area (Å²) in [6, 6.07) is 4.44. The van der Waals surface area contributed by atoms with Gasteiger partial charge in [-0.15, -0.1) is 11.3 Å². The molecule has 2 amide bonds. The third kappa shape index (κ3) is 4.12. The summed E-state index contributed by atoms with van der Waals surface area (Å²) < 4.78 is 39.0. The van der Waals surface area contributed by atoms with Crippen molar-refractivity contribution >= 4 is 28.9 Å². The minimum absolute atomic E-state index is 0.0807. The summed E-state index contributed by atoms with van der Waals surface area (Å²) >= 11 is 1.52. The third-order valence-corrected chi connectivity index (χ3v) is 7.89. The zero-order valence-electron chi connectivity index (χ0n) is 18.6. The SMILES string of the molecule is O=C(CN1C(=O)C(c2ccc(C(F)(F)F)cc2)=NC12CCCCC2)N1CCCC1c1nccs1. The molecule has 1 aliphatic carbocycles. The summed E-state index contributed by atoms with van der Waals surface area (Å²) in [6.45, 7) is 0.527. The highest BCUT2D eigenvalue weighted by Crippen LogP contribution is 2.41. The van der Waals surface area contributed by atoms with Crippen molar-refractivity contribution in [3.05, 3.63) is 52.0 Å². The molecule has 2 aliphatic heterocycles. The van der Waals surface area contributed by atoms with E-state index in [1.807, 2.05) is 5.38 Å². The molecular weight excluding hydrogens is 465 g/mol. The van der Waals surface area contributed by atoms with E-state index >= 15 is 0 Å². The van der Waals surface area contributed by atoms with Gasteiger partial charge in [0, 0.05) is 23.7 Å². The largest absolute Gasteiger partial charge is 0.416 e. The van der Waals surface area contributed by atoms with E-state index < -0.39 is 17.4 Å². The number of hydrogen-bond acceptors (Lipinski definition) is 5. The molecule has 1 saturated carbocycles. The van der Waals surface area contributed by atoms with E-state index in [1.165, 1.54) is 23.5 Å². The first-order valence-electron chi connectivity index (χ1n) is 11.6. The number of alkyl halides is 3. The van der Waals surface area contributed by atoms with Crippen LogP contribution in [-0.2, 0) is 15.8 Å². The molecule has 0 bridgehead atoms. The lowest BCUT2D eigenvalue weighted by Gasteiger charge is -2.39. The Bertz CT molecular complexity index is 1090. The van der Waals surface area contributed by atoms with Crippen LogP contribution in [0.4, 0.5) is 13.2 Å². The molecular formula is C24H25F3N4O2S. The van der Waals surface area contributed by atoms with E-state index in [-0.39, 0.29) is 30.1 Å². The predicted octanol–water partition coefficient (Wildman–Crippen LogP) is 4.82. The summed E-state index contributed by atoms with van der Waals surface area (Å²) in [7, 11) is 0. The minimum atomic E-state index is -4.45. The molecule has 1 aromatic carbocycles. The van der Waals surface area contributed by atoms with Gasteiger partial charge >= 0.3 is 6.18 Å². The quantitative estimate of drug-likeness (QED) is 0.618. The van der Waals surface area contributed by atoms with Crippen LogP contribution in [0.3, 0.4) is 0 Å². The first kappa shape index (κ1) is 23.0. The number of benzene rings is 1. The average Bonchev–Trinajstić information content (AvgIpc) is 3.56. The summed E-state index contributed by atoms with van der Waals surface area (Å²) in [6.07, 6.45) is 3.08. The van der Waals surface area contributed by atoms with Gasteiger partial charge < -0.3 is 9.80 Å². The van der Waals surface area contributed by atoms with Crippen molar-refractivity contribution in [3.63, 3.8) is 0 Å². The molecule has 180 valence electrons. The Morgan fingerprint density at radius 2 is 1.85 bits per heavy atom. The van der Waals surface area contributed by atoms with Gasteiger partial charge in [-0.25, -0.2) is 4.98 Å². The van der Waals surface area contributed by atoms with Gasteiger partial charge in [0.2, 0.25) is 5.91 Å². The highest BCUT2D eigenvalue weighted by Gasteiger charge is 2.49. The molecule has 1 spiro atoms. The maximum atomic E-state index is 13.5. The smallest absolute Gasteiger partial charge is 0.332 e. The fourth-order valence-corrected chi connectivity index (χ4v) is 6.09. The van der Waals surface area contributed by atoms with Gasteiger partial charge in [0.05, 0.1) is 11.6 Å². The molecule has 1 unspecified atom stereocenters. The lowest BCUT2D eigenvalue weighted by molar-refractivity contribution is -0.142. The molecule has 2 aromatic rings. The van der Waals surface area contributed by atoms with Crippen molar-refractivity contribution in [2.75, 3.05) is 13.1 Å². The number of nitrogens with zero attached hydrogens (tertiary/aromatic N) is 4. The normalized spacial score (nSPS) is 22.5. The minimum Gasteiger partial charge on any atom is -0.332 e. The van der Waals surface area contributed by atoms with Crippen LogP contribution in [0.2, 0.25) is 0 Å². The molecule has 0 radical (unpaired) electrons. The zero-order chi connectivity index (χ0) is 23.9. The zero-order valence-corrected chi connectivity index (χ0v) is 19.4. The molecule has 1 atom stereocenters. The number of hydrogen-bond donors (Lipinski definition) is 0. The van der Waals surface area contributed by atoms with E-state index in [9.17, 15) is 22.8 Å². The van der Waals surface area contributed by atoms with Crippen molar-refractivity contribution in [2.24, 2.45) is 4.99 Å². The first-order chi connectivity index (χ1) is 16.3. The second-order valence-corrected chi connectivity index (χ2v) is 10.0. The van der Waals surface area contributed by atoms with Crippen LogP contribution >= 0.6 is 11.3 Å². The summed E-state index contributed by atoms with van der Waals surface area (Å²) in [5.74, 6) is -0.528. The van der Waals surface area contributed by atoms with Crippen molar-refractivity contribution in [3.8, 4) is 0 Å². The number of rotatable bonds is 4. The van der Waals surface area contributed by atoms with Crippen LogP contribution in [0.25, 0.3) is 0 Å². The van der Waals surface area contributed by atoms with Gasteiger partial charge in [0.15, 0.2) is 0 Å². The molecule has 3 heterocycles. The topological polar surface area (TPSA) is 65.9 Å². The van der Waals surface area contributed by atoms with Crippen molar-refractivity contribution in [2.45, 2.75) is 62.8 Å². The number of aliphatic imine (C=N–C) groups is 1. The Labute approximate surface area is 199 Å². The van der Waals surface area contributed by atoms with Crippen molar-refractivity contribution < 1.29 is 22.8 Å². The Balaban J connectivity index is 1.41. The fraction of sp³-hybridized carbons (Fsp3) is 0.500. The average molecular weight is 491 g/mol. The van der Waals surface area contributed by atoms with E-state index in [1.54, 1.807) is 16.0 Å². The molecule has 1 aromatic heterocycles. The summed E-state index contributed by atoms with van der Waals surface area (Å²) in [4.78, 5) is 39.5. The maximum Gasteiger partial charge on any atom is 0.416 e. The number of carbonyl (C=O) groups is 2. The van der Waals surface area contributed by atoms with Gasteiger partial charge in [-0.05, 0) is 50.7 Å². The number of likely N-dealkylation sites (tertiary alicyclic amines) is 1. The third-order valence-electron chi connectivity index (χ3n) is 7.01. The standard InChI is InChI=1S/C24H25F3N4O2S/c25-24(26,27)17-8-6-16(7-9-17)20-22(33)31(23(29-20)10-2-1-3-11-23)15-19(32)30-13-4-5-18(30)21-28-12-14-34-21/h6-9,12,14,18H,1-5,10-11,13,15H2. The maximum absolute atomic E-state index is 13.5. The Morgan fingerprint density at radius 1 is 1.12 bits per heavy atom. The molecule has 5 rings (SSSR count). The van der Waals surface area contributed by atoms with Gasteiger partial charge in [-0.1, -0.05) is 18.6 Å². The van der Waals surface area contributed by atoms with Gasteiger partial charge in [-0.2, -0.15) is 13.2 Å². The summed E-state index contributed by atoms with van der Waals surface area (Å²) in [5, 5.41) is 2.79. The van der Waals surface area contributed by atoms with Crippen molar-refractivity contribution in [1.82, 2.24) is 14.8 Å². The van der Waals surface area contributed by atoms with Crippen LogP contribution in [0.15, 0.2) is 40.8 Å². The lowest BCUT2D eigenvalue weighted by atomic mass is 9.88. The van der Waals surface area contributed by atoms with E-state index in [4.69, 9.17) is 4.99 Å². The van der Waals surface area contributed by atoms with Crippen LogP contribution in [0, 0.1) is 0 Å². The predicted molar refractivity (Wildman–Crippen MR) is 121 cm³/mol.